The van der Waals surface area contributed by atoms with E-state index in [0.29, 0.717) is 20.6 Å². The fourth-order valence-corrected chi connectivity index (χ4v) is 4.44. The van der Waals surface area contributed by atoms with Gasteiger partial charge in [0.2, 0.25) is 0 Å². The number of thiophene rings is 1. The number of aryl methyl sites for hydroxylation is 1. The van der Waals surface area contributed by atoms with Crippen LogP contribution >= 0.6 is 54.8 Å². The summed E-state index contributed by atoms with van der Waals surface area (Å²) in [6.45, 7) is 3.95. The van der Waals surface area contributed by atoms with Crippen LogP contribution in [0.4, 0.5) is 0 Å². The SMILES string of the molecule is CCC(CBr)(CBr)NC(=O)c1scc(C)c1Cl. The maximum atomic E-state index is 12.1. The smallest absolute Gasteiger partial charge is 0.263 e. The number of halogens is 3. The Morgan fingerprint density at radius 1 is 1.53 bits per heavy atom. The number of carbonyl (C=O) groups is 1. The highest BCUT2D eigenvalue weighted by Gasteiger charge is 2.29. The minimum Gasteiger partial charge on any atom is -0.344 e. The standard InChI is InChI=1S/C11H14Br2ClNOS/c1-3-11(5-12,6-13)15-10(16)9-8(14)7(2)4-17-9/h4H,3,5-6H2,1-2H3,(H,15,16). The molecule has 1 aromatic rings. The summed E-state index contributed by atoms with van der Waals surface area (Å²) in [5.41, 5.74) is 0.680. The van der Waals surface area contributed by atoms with Crippen LogP contribution in [-0.2, 0) is 0 Å². The Kier molecular flexibility index (Phi) is 5.96. The first-order valence-electron chi connectivity index (χ1n) is 5.17. The fourth-order valence-electron chi connectivity index (χ4n) is 1.26. The first-order chi connectivity index (χ1) is 7.99. The Bertz CT molecular complexity index is 396. The van der Waals surface area contributed by atoms with Gasteiger partial charge in [-0.3, -0.25) is 4.79 Å². The van der Waals surface area contributed by atoms with Gasteiger partial charge >= 0.3 is 0 Å². The van der Waals surface area contributed by atoms with Crippen LogP contribution in [0.2, 0.25) is 5.02 Å². The van der Waals surface area contributed by atoms with Gasteiger partial charge in [-0.25, -0.2) is 0 Å². The van der Waals surface area contributed by atoms with Gasteiger partial charge in [0.1, 0.15) is 4.88 Å². The summed E-state index contributed by atoms with van der Waals surface area (Å²) < 4.78 is 0. The molecule has 0 atom stereocenters. The van der Waals surface area contributed by atoms with Crippen molar-refractivity contribution in [1.29, 1.82) is 0 Å². The average molecular weight is 404 g/mol. The summed E-state index contributed by atoms with van der Waals surface area (Å²) in [5, 5.41) is 6.90. The molecule has 0 aliphatic heterocycles. The van der Waals surface area contributed by atoms with Crippen LogP contribution in [-0.4, -0.2) is 22.1 Å². The van der Waals surface area contributed by atoms with E-state index in [1.807, 2.05) is 19.2 Å². The third kappa shape index (κ3) is 3.46. The van der Waals surface area contributed by atoms with Crippen LogP contribution in [0.1, 0.15) is 28.6 Å². The molecule has 0 aliphatic rings. The highest BCUT2D eigenvalue weighted by Crippen LogP contribution is 2.28. The molecule has 0 spiro atoms. The molecule has 1 rings (SSSR count). The molecule has 2 nitrogen and oxygen atoms in total. The average Bonchev–Trinajstić information content (AvgIpc) is 2.67. The van der Waals surface area contributed by atoms with E-state index in [1.165, 1.54) is 11.3 Å². The predicted molar refractivity (Wildman–Crippen MR) is 82.1 cm³/mol. The van der Waals surface area contributed by atoms with Gasteiger partial charge in [-0.15, -0.1) is 11.3 Å². The molecule has 0 aromatic carbocycles. The normalized spacial score (nSPS) is 11.6. The summed E-state index contributed by atoms with van der Waals surface area (Å²) in [4.78, 5) is 12.7. The van der Waals surface area contributed by atoms with Crippen LogP contribution < -0.4 is 5.32 Å². The number of alkyl halides is 2. The number of hydrogen-bond donors (Lipinski definition) is 1. The molecule has 0 radical (unpaired) electrons. The second-order valence-corrected chi connectivity index (χ2v) is 6.30. The zero-order valence-electron chi connectivity index (χ0n) is 9.65. The molecule has 0 aliphatic carbocycles. The van der Waals surface area contributed by atoms with Gasteiger partial charge in [0.15, 0.2) is 0 Å². The first kappa shape index (κ1) is 15.5. The second kappa shape index (κ2) is 6.55. The van der Waals surface area contributed by atoms with E-state index in [1.54, 1.807) is 0 Å². The first-order valence-corrected chi connectivity index (χ1v) is 8.67. The number of amides is 1. The zero-order chi connectivity index (χ0) is 13.1. The quantitative estimate of drug-likeness (QED) is 0.727. The van der Waals surface area contributed by atoms with Crippen LogP contribution in [0.5, 0.6) is 0 Å². The molecule has 0 fully saturated rings. The van der Waals surface area contributed by atoms with Crippen LogP contribution in [0.25, 0.3) is 0 Å². The Hall–Kier alpha value is 0.420. The number of nitrogens with one attached hydrogen (secondary N) is 1. The van der Waals surface area contributed by atoms with Crippen molar-refractivity contribution in [3.63, 3.8) is 0 Å². The monoisotopic (exact) mass is 401 g/mol. The Morgan fingerprint density at radius 3 is 2.47 bits per heavy atom. The minimum atomic E-state index is -0.266. The summed E-state index contributed by atoms with van der Waals surface area (Å²) in [6, 6.07) is 0. The lowest BCUT2D eigenvalue weighted by atomic mass is 10.0. The Balaban J connectivity index is 2.88. The highest BCUT2D eigenvalue weighted by molar-refractivity contribution is 9.09. The lowest BCUT2D eigenvalue weighted by Crippen LogP contribution is -2.51. The molecule has 0 saturated heterocycles. The third-order valence-corrected chi connectivity index (χ3v) is 6.51. The topological polar surface area (TPSA) is 29.1 Å². The fraction of sp³-hybridized carbons (Fsp3) is 0.545. The van der Waals surface area contributed by atoms with E-state index in [4.69, 9.17) is 11.6 Å². The van der Waals surface area contributed by atoms with Gasteiger partial charge in [0, 0.05) is 10.7 Å². The molecule has 6 heteroatoms. The molecule has 17 heavy (non-hydrogen) atoms. The molecule has 1 N–H and O–H groups in total. The van der Waals surface area contributed by atoms with Crippen molar-refractivity contribution in [1.82, 2.24) is 5.32 Å². The van der Waals surface area contributed by atoms with Crippen molar-refractivity contribution in [2.75, 3.05) is 10.7 Å². The van der Waals surface area contributed by atoms with Gasteiger partial charge < -0.3 is 5.32 Å². The van der Waals surface area contributed by atoms with Gasteiger partial charge in [0.05, 0.1) is 10.6 Å². The third-order valence-electron chi connectivity index (χ3n) is 2.67. The van der Waals surface area contributed by atoms with Crippen molar-refractivity contribution >= 4 is 60.7 Å². The lowest BCUT2D eigenvalue weighted by Gasteiger charge is -2.29. The molecule has 96 valence electrons. The highest BCUT2D eigenvalue weighted by atomic mass is 79.9. The summed E-state index contributed by atoms with van der Waals surface area (Å²) in [6.07, 6.45) is 0.844. The van der Waals surface area contributed by atoms with E-state index >= 15 is 0 Å². The molecule has 0 saturated carbocycles. The number of rotatable bonds is 5. The van der Waals surface area contributed by atoms with E-state index in [-0.39, 0.29) is 11.4 Å². The largest absolute Gasteiger partial charge is 0.344 e. The summed E-state index contributed by atoms with van der Waals surface area (Å²) in [7, 11) is 0. The van der Waals surface area contributed by atoms with Crippen molar-refractivity contribution in [3.8, 4) is 0 Å². The van der Waals surface area contributed by atoms with Gasteiger partial charge in [0.25, 0.3) is 5.91 Å². The van der Waals surface area contributed by atoms with Crippen molar-refractivity contribution in [3.05, 3.63) is 20.8 Å². The van der Waals surface area contributed by atoms with Crippen molar-refractivity contribution < 1.29 is 4.79 Å². The molecule has 1 heterocycles. The van der Waals surface area contributed by atoms with Crippen molar-refractivity contribution in [2.45, 2.75) is 25.8 Å². The minimum absolute atomic E-state index is 0.103. The molecular formula is C11H14Br2ClNOS. The Labute approximate surface area is 127 Å². The molecular weight excluding hydrogens is 389 g/mol. The van der Waals surface area contributed by atoms with E-state index in [9.17, 15) is 4.79 Å². The summed E-state index contributed by atoms with van der Waals surface area (Å²) >= 11 is 14.4. The molecule has 0 bridgehead atoms. The molecule has 0 unspecified atom stereocenters. The van der Waals surface area contributed by atoms with E-state index in [2.05, 4.69) is 37.2 Å². The van der Waals surface area contributed by atoms with Gasteiger partial charge in [-0.1, -0.05) is 50.4 Å². The second-order valence-electron chi connectivity index (χ2n) is 3.92. The molecule has 1 amide bonds. The zero-order valence-corrected chi connectivity index (χ0v) is 14.4. The van der Waals surface area contributed by atoms with E-state index < -0.39 is 0 Å². The van der Waals surface area contributed by atoms with Crippen LogP contribution in [0.3, 0.4) is 0 Å². The summed E-state index contributed by atoms with van der Waals surface area (Å²) in [5.74, 6) is -0.103. The van der Waals surface area contributed by atoms with Gasteiger partial charge in [-0.2, -0.15) is 0 Å². The maximum absolute atomic E-state index is 12.1. The number of hydrogen-bond acceptors (Lipinski definition) is 2. The van der Waals surface area contributed by atoms with Crippen LogP contribution in [0, 0.1) is 6.92 Å². The van der Waals surface area contributed by atoms with Crippen molar-refractivity contribution in [2.24, 2.45) is 0 Å². The van der Waals surface area contributed by atoms with E-state index in [0.717, 1.165) is 12.0 Å². The maximum Gasteiger partial charge on any atom is 0.263 e. The van der Waals surface area contributed by atoms with Gasteiger partial charge in [-0.05, 0) is 24.3 Å². The Morgan fingerprint density at radius 2 is 2.12 bits per heavy atom. The lowest BCUT2D eigenvalue weighted by molar-refractivity contribution is 0.0919. The number of carbonyl (C=O) groups excluding carboxylic acids is 1. The predicted octanol–water partition coefficient (Wildman–Crippen LogP) is 4.38. The molecule has 1 aromatic heterocycles. The van der Waals surface area contributed by atoms with Crippen LogP contribution in [0.15, 0.2) is 5.38 Å².